The Bertz CT molecular complexity index is 1460. The Morgan fingerprint density at radius 2 is 1.00 bits per heavy atom. The van der Waals surface area contributed by atoms with E-state index in [0.29, 0.717) is 6.41 Å². The maximum atomic E-state index is 13.2. The molecule has 0 aliphatic heterocycles. The molecule has 0 aliphatic carbocycles. The Kier molecular flexibility index (Phi) is 15.3. The van der Waals surface area contributed by atoms with Gasteiger partial charge in [-0.3, -0.25) is 14.2 Å². The minimum absolute atomic E-state index is 0.0417. The van der Waals surface area contributed by atoms with Crippen molar-refractivity contribution in [3.63, 3.8) is 0 Å². The molecule has 10 heteroatoms. The molecule has 1 amide bonds. The Balaban J connectivity index is 1.66. The minimum Gasteiger partial charge on any atom is -0.371 e. The summed E-state index contributed by atoms with van der Waals surface area (Å²) in [6, 6.07) is 38.9. The molecule has 0 N–H and O–H groups in total. The first-order valence-electron chi connectivity index (χ1n) is 15.6. The number of rotatable bonds is 22. The molecule has 4 aromatic rings. The van der Waals surface area contributed by atoms with Gasteiger partial charge in [-0.1, -0.05) is 121 Å². The van der Waals surface area contributed by atoms with Crippen molar-refractivity contribution >= 4 is 14.0 Å². The highest BCUT2D eigenvalue weighted by Gasteiger charge is 2.36. The number of carbonyl (C=O) groups is 1. The number of hydrogen-bond acceptors (Lipinski definition) is 8. The third kappa shape index (κ3) is 12.5. The van der Waals surface area contributed by atoms with E-state index in [1.54, 1.807) is 0 Å². The Labute approximate surface area is 277 Å². The van der Waals surface area contributed by atoms with E-state index in [-0.39, 0.29) is 45.6 Å². The van der Waals surface area contributed by atoms with Gasteiger partial charge >= 0.3 is 7.60 Å². The van der Waals surface area contributed by atoms with Gasteiger partial charge in [0, 0.05) is 14.2 Å². The summed E-state index contributed by atoms with van der Waals surface area (Å²) < 4.78 is 43.5. The summed E-state index contributed by atoms with van der Waals surface area (Å²) in [5.41, 5.74) is 3.78. The average molecular weight is 662 g/mol. The van der Waals surface area contributed by atoms with Gasteiger partial charge in [0.2, 0.25) is 6.41 Å². The second-order valence-corrected chi connectivity index (χ2v) is 13.3. The van der Waals surface area contributed by atoms with Crippen molar-refractivity contribution in [3.8, 4) is 0 Å². The highest BCUT2D eigenvalue weighted by Crippen LogP contribution is 2.47. The summed E-state index contributed by atoms with van der Waals surface area (Å²) in [5, 5.41) is 1.23. The fourth-order valence-corrected chi connectivity index (χ4v) is 6.03. The second kappa shape index (κ2) is 19.9. The van der Waals surface area contributed by atoms with E-state index < -0.39 is 25.9 Å². The van der Waals surface area contributed by atoms with E-state index in [2.05, 4.69) is 0 Å². The maximum Gasteiger partial charge on any atom is 0.330 e. The lowest BCUT2D eigenvalue weighted by molar-refractivity contribution is -0.208. The zero-order valence-electron chi connectivity index (χ0n) is 27.0. The summed E-state index contributed by atoms with van der Waals surface area (Å²) in [6.07, 6.45) is -1.10. The van der Waals surface area contributed by atoms with Crippen LogP contribution in [0.4, 0.5) is 0 Å². The molecule has 0 bridgehead atoms. The predicted octanol–water partition coefficient (Wildman–Crippen LogP) is 7.21. The first kappa shape index (κ1) is 36.2. The number of nitrogens with zero attached hydrogens (tertiary/aromatic N) is 1. The summed E-state index contributed by atoms with van der Waals surface area (Å²) in [6.45, 7) is 1.01. The van der Waals surface area contributed by atoms with Gasteiger partial charge in [0.25, 0.3) is 0 Å². The Morgan fingerprint density at radius 3 is 1.43 bits per heavy atom. The van der Waals surface area contributed by atoms with Crippen LogP contribution in [0.2, 0.25) is 0 Å². The van der Waals surface area contributed by atoms with Crippen molar-refractivity contribution in [2.24, 2.45) is 0 Å². The first-order valence-corrected chi connectivity index (χ1v) is 17.3. The fraction of sp³-hybridized carbons (Fsp3) is 0.324. The molecule has 4 rings (SSSR count). The van der Waals surface area contributed by atoms with Gasteiger partial charge in [-0.05, 0) is 28.7 Å². The van der Waals surface area contributed by atoms with Crippen LogP contribution >= 0.6 is 7.60 Å². The van der Waals surface area contributed by atoms with Crippen LogP contribution in [0.15, 0.2) is 121 Å². The zero-order valence-corrected chi connectivity index (χ0v) is 27.9. The summed E-state index contributed by atoms with van der Waals surface area (Å²) in [7, 11) is -0.654. The monoisotopic (exact) mass is 661 g/mol. The van der Waals surface area contributed by atoms with Crippen LogP contribution in [-0.2, 0) is 63.9 Å². The minimum atomic E-state index is -3.39. The molecule has 0 spiro atoms. The lowest BCUT2D eigenvalue weighted by atomic mass is 10.0. The molecular weight excluding hydrogens is 617 g/mol. The van der Waals surface area contributed by atoms with Gasteiger partial charge in [-0.2, -0.15) is 0 Å². The zero-order chi connectivity index (χ0) is 33.2. The summed E-state index contributed by atoms with van der Waals surface area (Å²) >= 11 is 0. The summed E-state index contributed by atoms with van der Waals surface area (Å²) in [4.78, 5) is 18.3. The molecule has 0 aromatic heterocycles. The highest BCUT2D eigenvalue weighted by atomic mass is 31.2. The molecule has 0 unspecified atom stereocenters. The van der Waals surface area contributed by atoms with Gasteiger partial charge in [-0.15, -0.1) is 0 Å². The lowest BCUT2D eigenvalue weighted by Crippen LogP contribution is -2.48. The van der Waals surface area contributed by atoms with Crippen molar-refractivity contribution in [3.05, 3.63) is 144 Å². The standard InChI is InChI=1S/C37H44NO8P/c1-41-47(40,42-2)24-23-35(43-26-31-15-7-3-8-16-31)37(45-28-33-19-11-5-12-20-33)36(44-27-32-17-9-4-10-18-32)25-38(30-39)46-29-34-21-13-6-14-22-34/h3-22,30,35-37H,23-29H2,1-2H3/t35-,36-,37-/m1/s1. The molecule has 47 heavy (non-hydrogen) atoms. The number of benzene rings is 4. The third-order valence-corrected chi connectivity index (χ3v) is 9.51. The van der Waals surface area contributed by atoms with Crippen LogP contribution in [-0.4, -0.2) is 56.7 Å². The van der Waals surface area contributed by atoms with E-state index in [4.69, 9.17) is 28.1 Å². The number of carbonyl (C=O) groups excluding carboxylic acids is 1. The molecule has 0 aliphatic rings. The second-order valence-electron chi connectivity index (χ2n) is 10.9. The largest absolute Gasteiger partial charge is 0.371 e. The smallest absolute Gasteiger partial charge is 0.330 e. The van der Waals surface area contributed by atoms with E-state index in [1.165, 1.54) is 19.3 Å². The van der Waals surface area contributed by atoms with Crippen LogP contribution in [0.1, 0.15) is 28.7 Å². The van der Waals surface area contributed by atoms with Crippen LogP contribution < -0.4 is 0 Å². The lowest BCUT2D eigenvalue weighted by Gasteiger charge is -2.35. The molecule has 3 atom stereocenters. The molecular formula is C37H44NO8P. The van der Waals surface area contributed by atoms with Gasteiger partial charge in [0.05, 0.1) is 38.6 Å². The van der Waals surface area contributed by atoms with Gasteiger partial charge in [0.1, 0.15) is 18.8 Å². The van der Waals surface area contributed by atoms with Crippen molar-refractivity contribution in [2.45, 2.75) is 51.2 Å². The van der Waals surface area contributed by atoms with E-state index in [9.17, 15) is 9.36 Å². The number of hydrogen-bond donors (Lipinski definition) is 0. The SMILES string of the molecule is COP(=O)(CC[C@@H](OCc1ccccc1)[C@@H](OCc1ccccc1)[C@@H](CN(C=O)OCc1ccccc1)OCc1ccccc1)OC. The summed E-state index contributed by atoms with van der Waals surface area (Å²) in [5.74, 6) is 0. The molecule has 0 saturated carbocycles. The number of amides is 1. The molecule has 0 radical (unpaired) electrons. The van der Waals surface area contributed by atoms with Crippen LogP contribution in [0, 0.1) is 0 Å². The number of ether oxygens (including phenoxy) is 3. The van der Waals surface area contributed by atoms with Crippen molar-refractivity contribution < 1.29 is 37.5 Å². The molecule has 4 aromatic carbocycles. The molecule has 0 fully saturated rings. The average Bonchev–Trinajstić information content (AvgIpc) is 3.14. The Morgan fingerprint density at radius 1 is 0.596 bits per heavy atom. The molecule has 0 heterocycles. The maximum absolute atomic E-state index is 13.2. The van der Waals surface area contributed by atoms with Crippen LogP contribution in [0.25, 0.3) is 0 Å². The third-order valence-electron chi connectivity index (χ3n) is 7.59. The molecule has 0 saturated heterocycles. The van der Waals surface area contributed by atoms with E-state index >= 15 is 0 Å². The molecule has 9 nitrogen and oxygen atoms in total. The van der Waals surface area contributed by atoms with Crippen molar-refractivity contribution in [2.75, 3.05) is 26.9 Å². The van der Waals surface area contributed by atoms with Gasteiger partial charge < -0.3 is 23.3 Å². The Hall–Kier alpha value is -3.66. The highest BCUT2D eigenvalue weighted by molar-refractivity contribution is 7.53. The predicted molar refractivity (Wildman–Crippen MR) is 180 cm³/mol. The molecule has 250 valence electrons. The fourth-order valence-electron chi connectivity index (χ4n) is 4.95. The van der Waals surface area contributed by atoms with E-state index in [1.807, 2.05) is 121 Å². The quantitative estimate of drug-likeness (QED) is 0.0496. The first-order chi connectivity index (χ1) is 23.0. The normalized spacial score (nSPS) is 13.5. The van der Waals surface area contributed by atoms with Crippen LogP contribution in [0.3, 0.4) is 0 Å². The van der Waals surface area contributed by atoms with Gasteiger partial charge in [-0.25, -0.2) is 5.06 Å². The van der Waals surface area contributed by atoms with Gasteiger partial charge in [0.15, 0.2) is 0 Å². The van der Waals surface area contributed by atoms with E-state index in [0.717, 1.165) is 22.3 Å². The van der Waals surface area contributed by atoms with Crippen molar-refractivity contribution in [1.29, 1.82) is 0 Å². The number of hydroxylamine groups is 2. The van der Waals surface area contributed by atoms with Crippen molar-refractivity contribution in [1.82, 2.24) is 5.06 Å². The topological polar surface area (TPSA) is 92.8 Å². The van der Waals surface area contributed by atoms with Crippen LogP contribution in [0.5, 0.6) is 0 Å².